The summed E-state index contributed by atoms with van der Waals surface area (Å²) in [5.41, 5.74) is 2.21. The van der Waals surface area contributed by atoms with Crippen LogP contribution >= 0.6 is 11.6 Å². The van der Waals surface area contributed by atoms with Gasteiger partial charge in [-0.3, -0.25) is 4.55 Å². The summed E-state index contributed by atoms with van der Waals surface area (Å²) in [6, 6.07) is 14.2. The van der Waals surface area contributed by atoms with Gasteiger partial charge < -0.3 is 0 Å². The minimum absolute atomic E-state index is 0.237. The molecule has 0 bridgehead atoms. The molecule has 3 aromatic rings. The molecule has 7 heteroatoms. The zero-order chi connectivity index (χ0) is 15.0. The van der Waals surface area contributed by atoms with Gasteiger partial charge in [0.05, 0.1) is 0 Å². The summed E-state index contributed by atoms with van der Waals surface area (Å²) >= 11 is 5.84. The molecule has 0 fully saturated rings. The second-order valence-corrected chi connectivity index (χ2v) is 6.41. The summed E-state index contributed by atoms with van der Waals surface area (Å²) in [6.45, 7) is 0.302. The summed E-state index contributed by atoms with van der Waals surface area (Å²) in [6.07, 6.45) is 0. The zero-order valence-corrected chi connectivity index (χ0v) is 12.4. The number of fused-ring (bicyclic) bond motifs is 1. The van der Waals surface area contributed by atoms with E-state index in [1.807, 2.05) is 18.2 Å². The number of para-hydroxylation sites is 2. The Morgan fingerprint density at radius 3 is 2.43 bits per heavy atom. The van der Waals surface area contributed by atoms with Gasteiger partial charge in [0.15, 0.2) is 11.0 Å². The number of H-pyrrole nitrogens is 1. The molecule has 1 heterocycles. The summed E-state index contributed by atoms with van der Waals surface area (Å²) in [5, 5.41) is 0.372. The van der Waals surface area contributed by atoms with Gasteiger partial charge in [-0.2, -0.15) is 8.42 Å². The van der Waals surface area contributed by atoms with Crippen LogP contribution in [0.2, 0.25) is 5.02 Å². The van der Waals surface area contributed by atoms with E-state index in [9.17, 15) is 13.0 Å². The molecular weight excluding hydrogens is 312 g/mol. The number of imidazole rings is 1. The molecule has 0 atom stereocenters. The normalized spacial score (nSPS) is 11.9. The standard InChI is InChI=1S/C14H11ClN2O3S/c15-11-7-5-10(6-8-11)9-17-13-4-2-1-3-12(13)16-14(17)21(18,19)20/h1-8H,9H2,(H,18,19,20)/p+1. The molecule has 0 amide bonds. The van der Waals surface area contributed by atoms with Crippen molar-refractivity contribution >= 4 is 32.8 Å². The minimum Gasteiger partial charge on any atom is -0.276 e. The maximum absolute atomic E-state index is 11.6. The van der Waals surface area contributed by atoms with Crippen molar-refractivity contribution in [3.05, 3.63) is 59.1 Å². The van der Waals surface area contributed by atoms with Gasteiger partial charge >= 0.3 is 15.3 Å². The van der Waals surface area contributed by atoms with Crippen LogP contribution in [0.3, 0.4) is 0 Å². The van der Waals surface area contributed by atoms with E-state index in [0.717, 1.165) is 5.56 Å². The van der Waals surface area contributed by atoms with E-state index in [2.05, 4.69) is 4.98 Å². The maximum atomic E-state index is 11.6. The average Bonchev–Trinajstić information content (AvgIpc) is 2.81. The molecule has 0 aliphatic heterocycles. The fourth-order valence-corrected chi connectivity index (χ4v) is 3.05. The SMILES string of the molecule is O=S(=O)(O)c1[nH]c2ccccc2[n+]1Cc1ccc(Cl)cc1. The molecule has 3 rings (SSSR count). The lowest BCUT2D eigenvalue weighted by Gasteiger charge is -2.01. The lowest BCUT2D eigenvalue weighted by atomic mass is 10.2. The topological polar surface area (TPSA) is 74.0 Å². The molecule has 108 valence electrons. The third-order valence-electron chi connectivity index (χ3n) is 3.18. The number of nitrogens with zero attached hydrogens (tertiary/aromatic N) is 1. The van der Waals surface area contributed by atoms with E-state index in [-0.39, 0.29) is 5.16 Å². The Morgan fingerprint density at radius 2 is 1.76 bits per heavy atom. The van der Waals surface area contributed by atoms with Gasteiger partial charge in [-0.15, -0.1) is 0 Å². The van der Waals surface area contributed by atoms with Gasteiger partial charge in [0.1, 0.15) is 6.54 Å². The van der Waals surface area contributed by atoms with E-state index in [1.165, 1.54) is 4.57 Å². The Morgan fingerprint density at radius 1 is 1.10 bits per heavy atom. The lowest BCUT2D eigenvalue weighted by molar-refractivity contribution is -0.701. The number of aromatic nitrogens is 2. The molecule has 0 radical (unpaired) electrons. The molecule has 2 aromatic carbocycles. The van der Waals surface area contributed by atoms with Crippen molar-refractivity contribution in [3.63, 3.8) is 0 Å². The van der Waals surface area contributed by atoms with E-state index in [4.69, 9.17) is 11.6 Å². The smallest absolute Gasteiger partial charge is 0.276 e. The van der Waals surface area contributed by atoms with Gasteiger partial charge in [0, 0.05) is 5.02 Å². The number of halogens is 1. The Labute approximate surface area is 126 Å². The minimum atomic E-state index is -4.34. The molecule has 0 aliphatic carbocycles. The van der Waals surface area contributed by atoms with E-state index in [1.54, 1.807) is 30.3 Å². The lowest BCUT2D eigenvalue weighted by Crippen LogP contribution is -2.39. The van der Waals surface area contributed by atoms with Gasteiger partial charge in [0.2, 0.25) is 0 Å². The van der Waals surface area contributed by atoms with Crippen LogP contribution in [0.15, 0.2) is 53.7 Å². The van der Waals surface area contributed by atoms with Gasteiger partial charge in [-0.1, -0.05) is 35.9 Å². The van der Waals surface area contributed by atoms with Crippen LogP contribution in [0, 0.1) is 0 Å². The first-order valence-corrected chi connectivity index (χ1v) is 7.99. The monoisotopic (exact) mass is 323 g/mol. The van der Waals surface area contributed by atoms with Gasteiger partial charge in [-0.05, 0) is 29.8 Å². The molecule has 0 aliphatic rings. The van der Waals surface area contributed by atoms with Crippen LogP contribution in [0.5, 0.6) is 0 Å². The quantitative estimate of drug-likeness (QED) is 0.574. The third kappa shape index (κ3) is 2.78. The second-order valence-electron chi connectivity index (χ2n) is 4.63. The highest BCUT2D eigenvalue weighted by molar-refractivity contribution is 7.85. The molecule has 0 spiro atoms. The molecule has 2 N–H and O–H groups in total. The molecular formula is C14H12ClN2O3S+. The van der Waals surface area contributed by atoms with Crippen LogP contribution in [0.25, 0.3) is 11.0 Å². The fraction of sp³-hybridized carbons (Fsp3) is 0.0714. The van der Waals surface area contributed by atoms with Crippen molar-refractivity contribution in [3.8, 4) is 0 Å². The highest BCUT2D eigenvalue weighted by Crippen LogP contribution is 2.15. The summed E-state index contributed by atoms with van der Waals surface area (Å²) in [7, 11) is -4.34. The van der Waals surface area contributed by atoms with Crippen molar-refractivity contribution < 1.29 is 17.5 Å². The van der Waals surface area contributed by atoms with Crippen LogP contribution in [-0.4, -0.2) is 18.0 Å². The first-order chi connectivity index (χ1) is 9.95. The van der Waals surface area contributed by atoms with Crippen molar-refractivity contribution in [1.82, 2.24) is 4.98 Å². The molecule has 0 saturated carbocycles. The fourth-order valence-electron chi connectivity index (χ4n) is 2.24. The van der Waals surface area contributed by atoms with Crippen molar-refractivity contribution in [1.29, 1.82) is 0 Å². The second kappa shape index (κ2) is 5.14. The van der Waals surface area contributed by atoms with Crippen molar-refractivity contribution in [2.24, 2.45) is 0 Å². The van der Waals surface area contributed by atoms with Crippen LogP contribution in [-0.2, 0) is 16.7 Å². The Kier molecular flexibility index (Phi) is 3.44. The predicted molar refractivity (Wildman–Crippen MR) is 78.9 cm³/mol. The first-order valence-electron chi connectivity index (χ1n) is 6.17. The largest absolute Gasteiger partial charge is 0.401 e. The van der Waals surface area contributed by atoms with Gasteiger partial charge in [-0.25, -0.2) is 9.55 Å². The number of aromatic amines is 1. The average molecular weight is 324 g/mol. The third-order valence-corrected chi connectivity index (χ3v) is 4.24. The Hall–Kier alpha value is -1.89. The van der Waals surface area contributed by atoms with Crippen molar-refractivity contribution in [2.75, 3.05) is 0 Å². The van der Waals surface area contributed by atoms with E-state index >= 15 is 0 Å². The van der Waals surface area contributed by atoms with Crippen LogP contribution in [0.4, 0.5) is 0 Å². The maximum Gasteiger partial charge on any atom is 0.401 e. The molecule has 0 unspecified atom stereocenters. The van der Waals surface area contributed by atoms with Crippen LogP contribution < -0.4 is 4.57 Å². The highest BCUT2D eigenvalue weighted by Gasteiger charge is 2.28. The highest BCUT2D eigenvalue weighted by atomic mass is 35.5. The molecule has 5 nitrogen and oxygen atoms in total. The summed E-state index contributed by atoms with van der Waals surface area (Å²) < 4.78 is 34.0. The molecule has 1 aromatic heterocycles. The Bertz CT molecular complexity index is 902. The van der Waals surface area contributed by atoms with Crippen molar-refractivity contribution in [2.45, 2.75) is 11.7 Å². The van der Waals surface area contributed by atoms with Gasteiger partial charge in [0.25, 0.3) is 0 Å². The number of hydrogen-bond acceptors (Lipinski definition) is 2. The number of rotatable bonds is 3. The van der Waals surface area contributed by atoms with E-state index in [0.29, 0.717) is 22.6 Å². The zero-order valence-electron chi connectivity index (χ0n) is 10.8. The van der Waals surface area contributed by atoms with E-state index < -0.39 is 10.1 Å². The number of nitrogens with one attached hydrogen (secondary N) is 1. The number of benzene rings is 2. The number of hydrogen-bond donors (Lipinski definition) is 2. The Balaban J connectivity index is 2.17. The summed E-state index contributed by atoms with van der Waals surface area (Å²) in [5.74, 6) is 0. The predicted octanol–water partition coefficient (Wildman–Crippen LogP) is 2.40. The first kappa shape index (κ1) is 14.1. The molecule has 21 heavy (non-hydrogen) atoms. The van der Waals surface area contributed by atoms with Crippen LogP contribution in [0.1, 0.15) is 5.56 Å². The molecule has 0 saturated heterocycles. The summed E-state index contributed by atoms with van der Waals surface area (Å²) in [4.78, 5) is 2.73.